The maximum atomic E-state index is 12.2. The van der Waals surface area contributed by atoms with Crippen molar-refractivity contribution in [1.82, 2.24) is 19.3 Å². The molecule has 0 saturated heterocycles. The molecule has 0 spiro atoms. The number of benzene rings is 2. The zero-order valence-corrected chi connectivity index (χ0v) is 20.1. The van der Waals surface area contributed by atoms with Crippen molar-refractivity contribution in [3.8, 4) is 11.3 Å². The molecular formula is C25H26N6O3S. The Bertz CT molecular complexity index is 1420. The maximum Gasteiger partial charge on any atom is 0.245 e. The van der Waals surface area contributed by atoms with E-state index in [1.165, 1.54) is 5.56 Å². The molecule has 2 aromatic heterocycles. The molecule has 0 bridgehead atoms. The molecule has 1 aliphatic rings. The van der Waals surface area contributed by atoms with Crippen LogP contribution in [0.15, 0.2) is 60.8 Å². The van der Waals surface area contributed by atoms with Gasteiger partial charge in [0, 0.05) is 37.0 Å². The number of anilines is 3. The number of nitrogens with zero attached hydrogens (tertiary/aromatic N) is 4. The second-order valence-electron chi connectivity index (χ2n) is 8.50. The predicted octanol–water partition coefficient (Wildman–Crippen LogP) is 4.06. The lowest BCUT2D eigenvalue weighted by Crippen LogP contribution is -2.29. The predicted molar refractivity (Wildman–Crippen MR) is 137 cm³/mol. The average Bonchev–Trinajstić information content (AvgIpc) is 3.14. The number of hydrogen-bond acceptors (Lipinski definition) is 5. The molecular weight excluding hydrogens is 464 g/mol. The molecule has 1 atom stereocenters. The van der Waals surface area contributed by atoms with Crippen molar-refractivity contribution in [2.24, 2.45) is 0 Å². The number of rotatable bonds is 6. The topological polar surface area (TPSA) is 112 Å². The molecule has 5 rings (SSSR count). The van der Waals surface area contributed by atoms with Crippen LogP contribution in [0.2, 0.25) is 0 Å². The van der Waals surface area contributed by atoms with Crippen molar-refractivity contribution in [2.75, 3.05) is 16.8 Å². The van der Waals surface area contributed by atoms with Gasteiger partial charge in [0.15, 0.2) is 0 Å². The lowest BCUT2D eigenvalue weighted by molar-refractivity contribution is -0.116. The molecule has 2 aromatic carbocycles. The first-order valence-electron chi connectivity index (χ1n) is 11.4. The fourth-order valence-electron chi connectivity index (χ4n) is 4.43. The fourth-order valence-corrected chi connectivity index (χ4v) is 4.72. The van der Waals surface area contributed by atoms with Crippen LogP contribution in [0, 0.1) is 0 Å². The third kappa shape index (κ3) is 5.09. The average molecular weight is 491 g/mol. The third-order valence-corrected chi connectivity index (χ3v) is 6.50. The summed E-state index contributed by atoms with van der Waals surface area (Å²) in [5, 5.41) is 7.99. The summed E-state index contributed by atoms with van der Waals surface area (Å²) in [7, 11) is 0. The first-order chi connectivity index (χ1) is 17.0. The number of hydrogen-bond donors (Lipinski definition) is 3. The summed E-state index contributed by atoms with van der Waals surface area (Å²) in [6.45, 7) is 2.61. The molecule has 180 valence electrons. The molecule has 3 N–H and O–H groups in total. The SMILES string of the molecule is CC(=O)N1CCCCc2ccc(Nc3ncc4ccc(-c5cccc(CNS(=O)O)c5)n4n3)cc21. The van der Waals surface area contributed by atoms with Crippen LogP contribution in [0.5, 0.6) is 0 Å². The van der Waals surface area contributed by atoms with E-state index in [1.54, 1.807) is 13.1 Å². The molecule has 1 amide bonds. The lowest BCUT2D eigenvalue weighted by Gasteiger charge is -2.22. The molecule has 0 saturated carbocycles. The Balaban J connectivity index is 1.45. The van der Waals surface area contributed by atoms with Crippen LogP contribution in [-0.4, -0.2) is 35.8 Å². The molecule has 9 nitrogen and oxygen atoms in total. The number of nitrogens with one attached hydrogen (secondary N) is 2. The highest BCUT2D eigenvalue weighted by Gasteiger charge is 2.19. The number of amides is 1. The van der Waals surface area contributed by atoms with E-state index >= 15 is 0 Å². The lowest BCUT2D eigenvalue weighted by atomic mass is 10.1. The van der Waals surface area contributed by atoms with Crippen LogP contribution in [-0.2, 0) is 29.0 Å². The zero-order valence-electron chi connectivity index (χ0n) is 19.3. The van der Waals surface area contributed by atoms with Gasteiger partial charge in [-0.15, -0.1) is 5.10 Å². The Morgan fingerprint density at radius 2 is 2.03 bits per heavy atom. The molecule has 0 radical (unpaired) electrons. The van der Waals surface area contributed by atoms with Crippen LogP contribution in [0.4, 0.5) is 17.3 Å². The molecule has 0 fully saturated rings. The van der Waals surface area contributed by atoms with E-state index in [0.29, 0.717) is 5.95 Å². The molecule has 1 aliphatic heterocycles. The quantitative estimate of drug-likeness (QED) is 0.352. The Morgan fingerprint density at radius 1 is 1.14 bits per heavy atom. The van der Waals surface area contributed by atoms with E-state index in [4.69, 9.17) is 9.65 Å². The van der Waals surface area contributed by atoms with Crippen LogP contribution in [0.25, 0.3) is 16.8 Å². The van der Waals surface area contributed by atoms with E-state index in [1.807, 2.05) is 57.9 Å². The van der Waals surface area contributed by atoms with Gasteiger partial charge in [0.25, 0.3) is 0 Å². The van der Waals surface area contributed by atoms with E-state index in [0.717, 1.165) is 59.5 Å². The van der Waals surface area contributed by atoms with Crippen molar-refractivity contribution in [3.05, 3.63) is 71.9 Å². The monoisotopic (exact) mass is 490 g/mol. The van der Waals surface area contributed by atoms with Crippen molar-refractivity contribution in [3.63, 3.8) is 0 Å². The minimum Gasteiger partial charge on any atom is -0.323 e. The molecule has 3 heterocycles. The van der Waals surface area contributed by atoms with Gasteiger partial charge in [-0.05, 0) is 60.7 Å². The first-order valence-corrected chi connectivity index (χ1v) is 12.5. The van der Waals surface area contributed by atoms with Crippen molar-refractivity contribution >= 4 is 40.0 Å². The van der Waals surface area contributed by atoms with Crippen LogP contribution in [0.1, 0.15) is 30.9 Å². The van der Waals surface area contributed by atoms with Gasteiger partial charge in [0.1, 0.15) is 0 Å². The van der Waals surface area contributed by atoms with Crippen LogP contribution < -0.4 is 14.9 Å². The van der Waals surface area contributed by atoms with Gasteiger partial charge in [-0.2, -0.15) is 0 Å². The van der Waals surface area contributed by atoms with Crippen LogP contribution in [0.3, 0.4) is 0 Å². The number of aromatic nitrogens is 3. The summed E-state index contributed by atoms with van der Waals surface area (Å²) in [4.78, 5) is 18.5. The largest absolute Gasteiger partial charge is 0.323 e. The maximum absolute atomic E-state index is 12.2. The van der Waals surface area contributed by atoms with Crippen molar-refractivity contribution < 1.29 is 13.6 Å². The van der Waals surface area contributed by atoms with Gasteiger partial charge in [0.05, 0.1) is 17.4 Å². The van der Waals surface area contributed by atoms with Gasteiger partial charge in [0.2, 0.25) is 23.1 Å². The third-order valence-electron chi connectivity index (χ3n) is 6.11. The highest BCUT2D eigenvalue weighted by molar-refractivity contribution is 7.77. The van der Waals surface area contributed by atoms with Crippen molar-refractivity contribution in [1.29, 1.82) is 0 Å². The minimum absolute atomic E-state index is 0.0441. The minimum atomic E-state index is -2.07. The Hall–Kier alpha value is -3.60. The van der Waals surface area contributed by atoms with Gasteiger partial charge in [-0.1, -0.05) is 24.3 Å². The Labute approximate surface area is 205 Å². The smallest absolute Gasteiger partial charge is 0.245 e. The fraction of sp³-hybridized carbons (Fsp3) is 0.240. The Kier molecular flexibility index (Phi) is 6.58. The Morgan fingerprint density at radius 3 is 2.86 bits per heavy atom. The number of aryl methyl sites for hydroxylation is 1. The molecule has 35 heavy (non-hydrogen) atoms. The van der Waals surface area contributed by atoms with Gasteiger partial charge >= 0.3 is 0 Å². The molecule has 4 aromatic rings. The van der Waals surface area contributed by atoms with E-state index < -0.39 is 11.3 Å². The summed E-state index contributed by atoms with van der Waals surface area (Å²) >= 11 is -2.07. The normalized spacial score (nSPS) is 14.4. The second kappa shape index (κ2) is 9.95. The standard InChI is InChI=1S/C25H26N6O3S/c1-17(32)30-12-3-2-6-19-8-9-21(14-24(19)30)28-25-26-16-22-10-11-23(31(22)29-25)20-7-4-5-18(13-20)15-27-35(33)34/h4-5,7-11,13-14,16,27H,2-3,6,12,15H2,1H3,(H,28,29)(H,33,34). The second-order valence-corrected chi connectivity index (χ2v) is 9.29. The first kappa shape index (κ1) is 23.2. The summed E-state index contributed by atoms with van der Waals surface area (Å²) in [6.07, 6.45) is 4.76. The van der Waals surface area contributed by atoms with Gasteiger partial charge < -0.3 is 10.2 Å². The number of carbonyl (C=O) groups is 1. The highest BCUT2D eigenvalue weighted by atomic mass is 32.2. The highest BCUT2D eigenvalue weighted by Crippen LogP contribution is 2.31. The summed E-state index contributed by atoms with van der Waals surface area (Å²) in [5.74, 6) is 0.481. The van der Waals surface area contributed by atoms with E-state index in [9.17, 15) is 9.00 Å². The summed E-state index contributed by atoms with van der Waals surface area (Å²) < 4.78 is 24.3. The zero-order chi connectivity index (χ0) is 24.4. The van der Waals surface area contributed by atoms with Crippen molar-refractivity contribution in [2.45, 2.75) is 32.7 Å². The van der Waals surface area contributed by atoms with Crippen LogP contribution >= 0.6 is 0 Å². The van der Waals surface area contributed by atoms with E-state index in [-0.39, 0.29) is 12.5 Å². The molecule has 1 unspecified atom stereocenters. The van der Waals surface area contributed by atoms with Gasteiger partial charge in [-0.25, -0.2) is 18.4 Å². The summed E-state index contributed by atoms with van der Waals surface area (Å²) in [5.41, 5.74) is 6.46. The summed E-state index contributed by atoms with van der Waals surface area (Å²) in [6, 6.07) is 17.7. The number of fused-ring (bicyclic) bond motifs is 2. The number of carbonyl (C=O) groups excluding carboxylic acids is 1. The van der Waals surface area contributed by atoms with Gasteiger partial charge in [-0.3, -0.25) is 9.35 Å². The van der Waals surface area contributed by atoms with E-state index in [2.05, 4.69) is 21.1 Å². The molecule has 0 aliphatic carbocycles. The molecule has 10 heteroatoms.